The van der Waals surface area contributed by atoms with E-state index >= 15 is 0 Å². The molecule has 3 heterocycles. The van der Waals surface area contributed by atoms with E-state index in [2.05, 4.69) is 10.1 Å². The molecule has 0 amide bonds. The number of benzene rings is 2. The van der Waals surface area contributed by atoms with E-state index in [1.807, 2.05) is 31.2 Å². The predicted molar refractivity (Wildman–Crippen MR) is 117 cm³/mol. The molecule has 0 N–H and O–H groups in total. The van der Waals surface area contributed by atoms with E-state index in [0.29, 0.717) is 34.3 Å². The second-order valence-electron chi connectivity index (χ2n) is 7.32. The number of aryl methyl sites for hydroxylation is 1. The fraction of sp³-hybridized carbons (Fsp3) is 0.125. The Morgan fingerprint density at radius 1 is 1.09 bits per heavy atom. The Morgan fingerprint density at radius 3 is 2.66 bits per heavy atom. The summed E-state index contributed by atoms with van der Waals surface area (Å²) >= 11 is 0. The van der Waals surface area contributed by atoms with Crippen molar-refractivity contribution >= 4 is 5.52 Å². The lowest BCUT2D eigenvalue weighted by molar-refractivity contribution is 0.414. The summed E-state index contributed by atoms with van der Waals surface area (Å²) in [7, 11) is 1.59. The van der Waals surface area contributed by atoms with Gasteiger partial charge in [-0.15, -0.1) is 0 Å². The topological polar surface area (TPSA) is 74.6 Å². The molecule has 2 aromatic carbocycles. The second kappa shape index (κ2) is 7.81. The van der Waals surface area contributed by atoms with Gasteiger partial charge in [-0.2, -0.15) is 5.10 Å². The van der Waals surface area contributed by atoms with Gasteiger partial charge in [0.05, 0.1) is 24.9 Å². The molecule has 0 atom stereocenters. The summed E-state index contributed by atoms with van der Waals surface area (Å²) in [6.45, 7) is 2.06. The van der Waals surface area contributed by atoms with Crippen molar-refractivity contribution < 1.29 is 13.5 Å². The highest BCUT2D eigenvalue weighted by molar-refractivity contribution is 5.65. The first kappa shape index (κ1) is 19.7. The van der Waals surface area contributed by atoms with Crippen LogP contribution in [0.5, 0.6) is 5.75 Å². The van der Waals surface area contributed by atoms with Crippen molar-refractivity contribution in [1.82, 2.24) is 19.2 Å². The van der Waals surface area contributed by atoms with Gasteiger partial charge in [0.15, 0.2) is 0 Å². The van der Waals surface area contributed by atoms with Crippen molar-refractivity contribution in [3.8, 4) is 28.5 Å². The first-order valence-corrected chi connectivity index (χ1v) is 9.98. The van der Waals surface area contributed by atoms with Crippen LogP contribution in [0.4, 0.5) is 4.39 Å². The van der Waals surface area contributed by atoms with Gasteiger partial charge in [-0.1, -0.05) is 12.1 Å². The molecule has 32 heavy (non-hydrogen) atoms. The number of oxazole rings is 1. The van der Waals surface area contributed by atoms with E-state index in [4.69, 9.17) is 9.15 Å². The summed E-state index contributed by atoms with van der Waals surface area (Å²) in [6, 6.07) is 15.2. The maximum atomic E-state index is 13.2. The molecule has 160 valence electrons. The van der Waals surface area contributed by atoms with E-state index in [1.165, 1.54) is 16.6 Å². The molecule has 3 aromatic heterocycles. The molecule has 0 fully saturated rings. The number of aromatic nitrogens is 4. The Balaban J connectivity index is 1.49. The molecular weight excluding hydrogens is 411 g/mol. The largest absolute Gasteiger partial charge is 0.496 e. The summed E-state index contributed by atoms with van der Waals surface area (Å²) in [6.07, 6.45) is 3.37. The molecule has 0 unspecified atom stereocenters. The van der Waals surface area contributed by atoms with Gasteiger partial charge in [0.2, 0.25) is 5.89 Å². The average Bonchev–Trinajstić information content (AvgIpc) is 3.40. The van der Waals surface area contributed by atoms with Crippen LogP contribution in [-0.2, 0) is 6.54 Å². The zero-order valence-corrected chi connectivity index (χ0v) is 17.4. The van der Waals surface area contributed by atoms with Crippen molar-refractivity contribution in [3.05, 3.63) is 94.6 Å². The molecule has 7 nitrogen and oxygen atoms in total. The molecule has 0 spiro atoms. The van der Waals surface area contributed by atoms with Gasteiger partial charge in [0.25, 0.3) is 5.56 Å². The molecule has 0 aliphatic heterocycles. The highest BCUT2D eigenvalue weighted by Gasteiger charge is 2.16. The Morgan fingerprint density at radius 2 is 1.88 bits per heavy atom. The lowest BCUT2D eigenvalue weighted by atomic mass is 10.1. The minimum Gasteiger partial charge on any atom is -0.496 e. The first-order chi connectivity index (χ1) is 15.5. The quantitative estimate of drug-likeness (QED) is 0.415. The molecule has 0 bridgehead atoms. The Labute approximate surface area is 182 Å². The van der Waals surface area contributed by atoms with E-state index < -0.39 is 0 Å². The smallest absolute Gasteiger partial charge is 0.276 e. The standard InChI is InChI=1S/C24H19FN4O3/c1-15-20(26-23(32-15)18-5-3-4-6-22(18)31-2)14-28-11-12-29-21(24(28)30)13-19(27-29)16-7-9-17(25)10-8-16/h3-13H,14H2,1-2H3. The van der Waals surface area contributed by atoms with E-state index in [0.717, 1.165) is 11.1 Å². The molecule has 0 radical (unpaired) electrons. The summed E-state index contributed by atoms with van der Waals surface area (Å²) in [5.41, 5.74) is 2.92. The normalized spacial score (nSPS) is 11.2. The second-order valence-corrected chi connectivity index (χ2v) is 7.32. The van der Waals surface area contributed by atoms with Crippen LogP contribution in [0.25, 0.3) is 28.2 Å². The number of rotatable bonds is 5. The number of para-hydroxylation sites is 1. The van der Waals surface area contributed by atoms with Crippen LogP contribution in [0.1, 0.15) is 11.5 Å². The minimum atomic E-state index is -0.324. The zero-order valence-electron chi connectivity index (χ0n) is 17.4. The van der Waals surface area contributed by atoms with Crippen molar-refractivity contribution in [1.29, 1.82) is 0 Å². The van der Waals surface area contributed by atoms with Gasteiger partial charge < -0.3 is 13.7 Å². The fourth-order valence-corrected chi connectivity index (χ4v) is 3.59. The summed E-state index contributed by atoms with van der Waals surface area (Å²) in [5.74, 6) is 1.40. The number of methoxy groups -OCH3 is 1. The third kappa shape index (κ3) is 3.45. The molecule has 0 aliphatic rings. The van der Waals surface area contributed by atoms with Crippen LogP contribution in [0.15, 0.2) is 76.2 Å². The monoisotopic (exact) mass is 430 g/mol. The van der Waals surface area contributed by atoms with E-state index in [9.17, 15) is 9.18 Å². The van der Waals surface area contributed by atoms with Crippen molar-refractivity contribution in [3.63, 3.8) is 0 Å². The predicted octanol–water partition coefficient (Wildman–Crippen LogP) is 4.32. The molecular formula is C24H19FN4O3. The van der Waals surface area contributed by atoms with Gasteiger partial charge >= 0.3 is 0 Å². The van der Waals surface area contributed by atoms with Crippen LogP contribution in [0, 0.1) is 12.7 Å². The van der Waals surface area contributed by atoms with Crippen LogP contribution in [0.3, 0.4) is 0 Å². The fourth-order valence-electron chi connectivity index (χ4n) is 3.59. The molecule has 0 saturated carbocycles. The van der Waals surface area contributed by atoms with Crippen LogP contribution < -0.4 is 10.3 Å². The molecule has 0 aliphatic carbocycles. The number of fused-ring (bicyclic) bond motifs is 1. The molecule has 0 saturated heterocycles. The number of nitrogens with zero attached hydrogens (tertiary/aromatic N) is 4. The number of hydrogen-bond donors (Lipinski definition) is 0. The van der Waals surface area contributed by atoms with Gasteiger partial charge in [-0.25, -0.2) is 13.9 Å². The maximum Gasteiger partial charge on any atom is 0.276 e. The highest BCUT2D eigenvalue weighted by atomic mass is 19.1. The zero-order chi connectivity index (χ0) is 22.2. The molecule has 5 rings (SSSR count). The number of ether oxygens (including phenoxy) is 1. The van der Waals surface area contributed by atoms with Crippen molar-refractivity contribution in [2.24, 2.45) is 0 Å². The third-order valence-corrected chi connectivity index (χ3v) is 5.29. The number of halogens is 1. The lowest BCUT2D eigenvalue weighted by Gasteiger charge is -2.04. The Kier molecular flexibility index (Phi) is 4.82. The minimum absolute atomic E-state index is 0.213. The third-order valence-electron chi connectivity index (χ3n) is 5.29. The summed E-state index contributed by atoms with van der Waals surface area (Å²) in [5, 5.41) is 4.43. The van der Waals surface area contributed by atoms with E-state index in [-0.39, 0.29) is 17.9 Å². The maximum absolute atomic E-state index is 13.2. The Bertz CT molecular complexity index is 1480. The highest BCUT2D eigenvalue weighted by Crippen LogP contribution is 2.30. The first-order valence-electron chi connectivity index (χ1n) is 9.98. The van der Waals surface area contributed by atoms with Gasteiger partial charge in [-0.3, -0.25) is 4.79 Å². The van der Waals surface area contributed by atoms with E-state index in [1.54, 1.807) is 42.3 Å². The van der Waals surface area contributed by atoms with Crippen LogP contribution in [0.2, 0.25) is 0 Å². The van der Waals surface area contributed by atoms with Crippen LogP contribution >= 0.6 is 0 Å². The van der Waals surface area contributed by atoms with Gasteiger partial charge in [0.1, 0.15) is 28.5 Å². The number of hydrogen-bond acceptors (Lipinski definition) is 5. The van der Waals surface area contributed by atoms with Gasteiger partial charge in [-0.05, 0) is 49.4 Å². The van der Waals surface area contributed by atoms with Crippen LogP contribution in [-0.4, -0.2) is 26.3 Å². The summed E-state index contributed by atoms with van der Waals surface area (Å²) in [4.78, 5) is 17.7. The van der Waals surface area contributed by atoms with Crippen molar-refractivity contribution in [2.75, 3.05) is 7.11 Å². The molecule has 8 heteroatoms. The van der Waals surface area contributed by atoms with Crippen molar-refractivity contribution in [2.45, 2.75) is 13.5 Å². The SMILES string of the molecule is COc1ccccc1-c1nc(Cn2ccn3nc(-c4ccc(F)cc4)cc3c2=O)c(C)o1. The van der Waals surface area contributed by atoms with Gasteiger partial charge in [0, 0.05) is 18.0 Å². The average molecular weight is 430 g/mol. The summed E-state index contributed by atoms with van der Waals surface area (Å²) < 4.78 is 27.5. The lowest BCUT2D eigenvalue weighted by Crippen LogP contribution is -2.22. The molecule has 5 aromatic rings. The Hall–Kier alpha value is -4.20.